The Morgan fingerprint density at radius 1 is 0.964 bits per heavy atom. The van der Waals surface area contributed by atoms with Gasteiger partial charge in [0.05, 0.1) is 11.1 Å². The van der Waals surface area contributed by atoms with Crippen LogP contribution in [0.15, 0.2) is 42.5 Å². The van der Waals surface area contributed by atoms with Gasteiger partial charge in [0.1, 0.15) is 0 Å². The van der Waals surface area contributed by atoms with Crippen molar-refractivity contribution in [2.45, 2.75) is 39.5 Å². The number of anilines is 2. The fraction of sp³-hybridized carbons (Fsp3) is 0.261. The zero-order chi connectivity index (χ0) is 19.7. The maximum atomic E-state index is 13.3. The fourth-order valence-electron chi connectivity index (χ4n) is 3.87. The minimum atomic E-state index is -0.145. The third kappa shape index (κ3) is 3.60. The Hall–Kier alpha value is -3.21. The van der Waals surface area contributed by atoms with Crippen LogP contribution < -0.4 is 10.6 Å². The third-order valence-corrected chi connectivity index (χ3v) is 5.09. The van der Waals surface area contributed by atoms with Crippen molar-refractivity contribution in [3.63, 3.8) is 0 Å². The summed E-state index contributed by atoms with van der Waals surface area (Å²) in [5, 5.41) is 6.66. The standard InChI is InChI=1S/C23H23N3O2/c1-14-10-11-21-19(12-14)22(18-8-3-4-9-20(18)26-21)23(28)25-17-7-5-6-16(13-17)24-15(2)27/h5-7,10-13H,3-4,8-9H2,1-2H3,(H,24,27)(H,25,28). The van der Waals surface area contributed by atoms with E-state index in [4.69, 9.17) is 4.98 Å². The Balaban J connectivity index is 1.76. The van der Waals surface area contributed by atoms with Gasteiger partial charge in [-0.2, -0.15) is 0 Å². The van der Waals surface area contributed by atoms with Crippen molar-refractivity contribution in [1.82, 2.24) is 4.98 Å². The van der Waals surface area contributed by atoms with Crippen LogP contribution in [-0.4, -0.2) is 16.8 Å². The number of rotatable bonds is 3. The molecule has 2 amide bonds. The molecule has 4 rings (SSSR count). The topological polar surface area (TPSA) is 71.1 Å². The molecule has 2 aromatic carbocycles. The predicted octanol–water partition coefficient (Wildman–Crippen LogP) is 4.63. The van der Waals surface area contributed by atoms with E-state index >= 15 is 0 Å². The molecule has 1 aliphatic carbocycles. The maximum Gasteiger partial charge on any atom is 0.256 e. The number of carbonyl (C=O) groups is 2. The number of pyridine rings is 1. The Morgan fingerprint density at radius 3 is 2.50 bits per heavy atom. The lowest BCUT2D eigenvalue weighted by Crippen LogP contribution is -2.19. The molecule has 5 heteroatoms. The summed E-state index contributed by atoms with van der Waals surface area (Å²) in [5.41, 5.74) is 6.12. The predicted molar refractivity (Wildman–Crippen MR) is 112 cm³/mol. The van der Waals surface area contributed by atoms with Crippen LogP contribution in [0.25, 0.3) is 10.9 Å². The highest BCUT2D eigenvalue weighted by molar-refractivity contribution is 6.14. The second kappa shape index (κ2) is 7.43. The van der Waals surface area contributed by atoms with Crippen LogP contribution in [-0.2, 0) is 17.6 Å². The van der Waals surface area contributed by atoms with Crippen LogP contribution >= 0.6 is 0 Å². The second-order valence-corrected chi connectivity index (χ2v) is 7.36. The third-order valence-electron chi connectivity index (χ3n) is 5.09. The van der Waals surface area contributed by atoms with E-state index in [1.807, 2.05) is 37.3 Å². The average Bonchev–Trinajstić information content (AvgIpc) is 2.66. The van der Waals surface area contributed by atoms with Gasteiger partial charge in [0.25, 0.3) is 5.91 Å². The molecule has 3 aromatic rings. The van der Waals surface area contributed by atoms with Crippen LogP contribution in [0, 0.1) is 6.92 Å². The number of nitrogens with zero attached hydrogens (tertiary/aromatic N) is 1. The van der Waals surface area contributed by atoms with Crippen molar-refractivity contribution in [2.24, 2.45) is 0 Å². The molecule has 1 aliphatic rings. The van der Waals surface area contributed by atoms with Gasteiger partial charge in [-0.15, -0.1) is 0 Å². The molecule has 2 N–H and O–H groups in total. The second-order valence-electron chi connectivity index (χ2n) is 7.36. The monoisotopic (exact) mass is 373 g/mol. The van der Waals surface area contributed by atoms with E-state index in [9.17, 15) is 9.59 Å². The van der Waals surface area contributed by atoms with Gasteiger partial charge in [-0.1, -0.05) is 17.7 Å². The number of benzene rings is 2. The SMILES string of the molecule is CC(=O)Nc1cccc(NC(=O)c2c3c(nc4ccc(C)cc24)CCCC3)c1. The first kappa shape index (κ1) is 18.2. The van der Waals surface area contributed by atoms with Crippen LogP contribution in [0.3, 0.4) is 0 Å². The molecule has 5 nitrogen and oxygen atoms in total. The van der Waals surface area contributed by atoms with Gasteiger partial charge in [-0.05, 0) is 68.5 Å². The van der Waals surface area contributed by atoms with E-state index in [0.29, 0.717) is 11.4 Å². The number of amides is 2. The van der Waals surface area contributed by atoms with Gasteiger partial charge in [-0.25, -0.2) is 0 Å². The molecular formula is C23H23N3O2. The van der Waals surface area contributed by atoms with Crippen LogP contribution in [0.1, 0.15) is 46.9 Å². The molecule has 0 saturated carbocycles. The number of fused-ring (bicyclic) bond motifs is 2. The molecule has 0 fully saturated rings. The zero-order valence-electron chi connectivity index (χ0n) is 16.1. The Labute approximate surface area is 164 Å². The molecule has 0 saturated heterocycles. The summed E-state index contributed by atoms with van der Waals surface area (Å²) >= 11 is 0. The van der Waals surface area contributed by atoms with E-state index in [-0.39, 0.29) is 11.8 Å². The van der Waals surface area contributed by atoms with Crippen molar-refractivity contribution in [2.75, 3.05) is 10.6 Å². The van der Waals surface area contributed by atoms with Crippen LogP contribution in [0.4, 0.5) is 11.4 Å². The zero-order valence-corrected chi connectivity index (χ0v) is 16.1. The average molecular weight is 373 g/mol. The van der Waals surface area contributed by atoms with Crippen LogP contribution in [0.5, 0.6) is 0 Å². The minimum absolute atomic E-state index is 0.129. The summed E-state index contributed by atoms with van der Waals surface area (Å²) in [6.07, 6.45) is 3.97. The van der Waals surface area contributed by atoms with E-state index in [2.05, 4.69) is 10.6 Å². The lowest BCUT2D eigenvalue weighted by molar-refractivity contribution is -0.114. The van der Waals surface area contributed by atoms with E-state index in [0.717, 1.165) is 59.0 Å². The molecular weight excluding hydrogens is 350 g/mol. The minimum Gasteiger partial charge on any atom is -0.326 e. The summed E-state index contributed by atoms with van der Waals surface area (Å²) < 4.78 is 0. The lowest BCUT2D eigenvalue weighted by Gasteiger charge is -2.20. The molecule has 0 bridgehead atoms. The van der Waals surface area contributed by atoms with Crippen molar-refractivity contribution in [3.8, 4) is 0 Å². The fourth-order valence-corrected chi connectivity index (χ4v) is 3.87. The molecule has 0 aliphatic heterocycles. The number of hydrogen-bond acceptors (Lipinski definition) is 3. The first-order valence-corrected chi connectivity index (χ1v) is 9.62. The molecule has 0 unspecified atom stereocenters. The number of nitrogens with one attached hydrogen (secondary N) is 2. The van der Waals surface area contributed by atoms with Gasteiger partial charge >= 0.3 is 0 Å². The summed E-state index contributed by atoms with van der Waals surface area (Å²) in [6, 6.07) is 13.3. The first-order valence-electron chi connectivity index (χ1n) is 9.62. The molecule has 142 valence electrons. The Bertz CT molecular complexity index is 1090. The molecule has 1 heterocycles. The highest BCUT2D eigenvalue weighted by Crippen LogP contribution is 2.30. The van der Waals surface area contributed by atoms with Crippen molar-refractivity contribution >= 4 is 34.1 Å². The number of aryl methyl sites for hydroxylation is 2. The molecule has 0 radical (unpaired) electrons. The smallest absolute Gasteiger partial charge is 0.256 e. The van der Waals surface area contributed by atoms with E-state index < -0.39 is 0 Å². The summed E-state index contributed by atoms with van der Waals surface area (Å²) in [7, 11) is 0. The highest BCUT2D eigenvalue weighted by atomic mass is 16.2. The van der Waals surface area contributed by atoms with E-state index in [1.54, 1.807) is 12.1 Å². The highest BCUT2D eigenvalue weighted by Gasteiger charge is 2.23. The van der Waals surface area contributed by atoms with Gasteiger partial charge in [0.2, 0.25) is 5.91 Å². The van der Waals surface area contributed by atoms with Crippen molar-refractivity contribution in [1.29, 1.82) is 0 Å². The van der Waals surface area contributed by atoms with Crippen LogP contribution in [0.2, 0.25) is 0 Å². The number of carbonyl (C=O) groups excluding carboxylic acids is 2. The molecule has 28 heavy (non-hydrogen) atoms. The molecule has 0 spiro atoms. The van der Waals surface area contributed by atoms with Crippen molar-refractivity contribution < 1.29 is 9.59 Å². The van der Waals surface area contributed by atoms with Gasteiger partial charge < -0.3 is 10.6 Å². The number of aromatic nitrogens is 1. The van der Waals surface area contributed by atoms with E-state index in [1.165, 1.54) is 6.92 Å². The number of hydrogen-bond donors (Lipinski definition) is 2. The summed E-state index contributed by atoms with van der Waals surface area (Å²) in [6.45, 7) is 3.49. The van der Waals surface area contributed by atoms with Gasteiger partial charge in [-0.3, -0.25) is 14.6 Å². The summed E-state index contributed by atoms with van der Waals surface area (Å²) in [4.78, 5) is 29.4. The first-order chi connectivity index (χ1) is 13.5. The lowest BCUT2D eigenvalue weighted by atomic mass is 9.89. The van der Waals surface area contributed by atoms with Gasteiger partial charge in [0, 0.05) is 29.4 Å². The Morgan fingerprint density at radius 2 is 1.71 bits per heavy atom. The largest absolute Gasteiger partial charge is 0.326 e. The maximum absolute atomic E-state index is 13.3. The summed E-state index contributed by atoms with van der Waals surface area (Å²) in [5.74, 6) is -0.274. The normalized spacial score (nSPS) is 13.1. The quantitative estimate of drug-likeness (QED) is 0.703. The molecule has 0 atom stereocenters. The van der Waals surface area contributed by atoms with Gasteiger partial charge in [0.15, 0.2) is 0 Å². The van der Waals surface area contributed by atoms with Crippen molar-refractivity contribution in [3.05, 3.63) is 64.8 Å². The molecule has 1 aromatic heterocycles. The Kier molecular flexibility index (Phi) is 4.82.